The van der Waals surface area contributed by atoms with Gasteiger partial charge in [-0.1, -0.05) is 26.8 Å². The molecule has 2 nitrogen and oxygen atoms in total. The number of rotatable bonds is 2. The van der Waals surface area contributed by atoms with Crippen LogP contribution in [0.4, 0.5) is 0 Å². The van der Waals surface area contributed by atoms with Gasteiger partial charge in [0.2, 0.25) is 0 Å². The van der Waals surface area contributed by atoms with Gasteiger partial charge in [-0.2, -0.15) is 5.26 Å². The summed E-state index contributed by atoms with van der Waals surface area (Å²) in [6.07, 6.45) is 0. The van der Waals surface area contributed by atoms with Crippen LogP contribution in [0.5, 0.6) is 5.75 Å². The smallest absolute Gasteiger partial charge is 0.124 e. The Bertz CT molecular complexity index is 383. The summed E-state index contributed by atoms with van der Waals surface area (Å²) in [6.45, 7) is 8.98. The third-order valence-electron chi connectivity index (χ3n) is 2.22. The second kappa shape index (κ2) is 4.35. The van der Waals surface area contributed by atoms with Gasteiger partial charge in [0.05, 0.1) is 18.2 Å². The first-order valence-corrected chi connectivity index (χ1v) is 5.16. The zero-order chi connectivity index (χ0) is 11.5. The minimum atomic E-state index is 0.0402. The van der Waals surface area contributed by atoms with Crippen molar-refractivity contribution >= 4 is 0 Å². The molecule has 0 N–H and O–H groups in total. The summed E-state index contributed by atoms with van der Waals surface area (Å²) in [6, 6.07) is 7.75. The van der Waals surface area contributed by atoms with E-state index in [9.17, 15) is 0 Å². The molecule has 2 heteroatoms. The molecule has 0 unspecified atom stereocenters. The Kier molecular flexibility index (Phi) is 3.36. The van der Waals surface area contributed by atoms with Crippen molar-refractivity contribution < 1.29 is 4.74 Å². The molecule has 0 atom stereocenters. The zero-order valence-electron chi connectivity index (χ0n) is 9.79. The van der Waals surface area contributed by atoms with Crippen LogP contribution in [0.2, 0.25) is 0 Å². The van der Waals surface area contributed by atoms with Crippen molar-refractivity contribution in [2.45, 2.75) is 33.1 Å². The highest BCUT2D eigenvalue weighted by Crippen LogP contribution is 2.31. The molecule has 0 bridgehead atoms. The molecule has 0 spiro atoms. The maximum Gasteiger partial charge on any atom is 0.124 e. The van der Waals surface area contributed by atoms with Gasteiger partial charge in [-0.3, -0.25) is 0 Å². The Morgan fingerprint density at radius 3 is 2.47 bits per heavy atom. The molecule has 0 aliphatic carbocycles. The highest BCUT2D eigenvalue weighted by Gasteiger charge is 2.18. The van der Waals surface area contributed by atoms with Crippen molar-refractivity contribution in [2.75, 3.05) is 6.61 Å². The first kappa shape index (κ1) is 11.6. The molecule has 1 aromatic rings. The summed E-state index contributed by atoms with van der Waals surface area (Å²) in [5.74, 6) is 0.823. The van der Waals surface area contributed by atoms with Crippen LogP contribution in [-0.2, 0) is 5.41 Å². The van der Waals surface area contributed by atoms with Gasteiger partial charge >= 0.3 is 0 Å². The molecule has 1 aromatic carbocycles. The number of ether oxygens (including phenoxy) is 1. The van der Waals surface area contributed by atoms with Gasteiger partial charge < -0.3 is 4.74 Å². The molecule has 80 valence electrons. The van der Waals surface area contributed by atoms with E-state index in [1.165, 1.54) is 0 Å². The quantitative estimate of drug-likeness (QED) is 0.739. The molecule has 0 saturated carbocycles. The summed E-state index contributed by atoms with van der Waals surface area (Å²) >= 11 is 0. The van der Waals surface area contributed by atoms with E-state index in [-0.39, 0.29) is 5.41 Å². The fourth-order valence-corrected chi connectivity index (χ4v) is 1.49. The second-order valence-corrected chi connectivity index (χ2v) is 4.51. The van der Waals surface area contributed by atoms with E-state index in [2.05, 4.69) is 26.8 Å². The van der Waals surface area contributed by atoms with Gasteiger partial charge in [-0.05, 0) is 30.0 Å². The molecule has 0 fully saturated rings. The van der Waals surface area contributed by atoms with Crippen LogP contribution in [0.15, 0.2) is 18.2 Å². The van der Waals surface area contributed by atoms with E-state index in [0.29, 0.717) is 12.2 Å². The summed E-state index contributed by atoms with van der Waals surface area (Å²) in [4.78, 5) is 0. The predicted molar refractivity (Wildman–Crippen MR) is 61.0 cm³/mol. The molecule has 0 aliphatic heterocycles. The molecule has 0 heterocycles. The third kappa shape index (κ3) is 2.73. The van der Waals surface area contributed by atoms with E-state index in [1.807, 2.05) is 25.1 Å². The lowest BCUT2D eigenvalue weighted by Crippen LogP contribution is -2.13. The molecular weight excluding hydrogens is 186 g/mol. The Hall–Kier alpha value is -1.49. The van der Waals surface area contributed by atoms with E-state index in [0.717, 1.165) is 11.3 Å². The van der Waals surface area contributed by atoms with Crippen LogP contribution in [0.3, 0.4) is 0 Å². The monoisotopic (exact) mass is 203 g/mol. The molecule has 0 amide bonds. The van der Waals surface area contributed by atoms with E-state index in [4.69, 9.17) is 10.00 Å². The molecule has 15 heavy (non-hydrogen) atoms. The summed E-state index contributed by atoms with van der Waals surface area (Å²) in [5, 5.41) is 8.82. The van der Waals surface area contributed by atoms with Crippen LogP contribution in [0, 0.1) is 11.3 Å². The van der Waals surface area contributed by atoms with Crippen molar-refractivity contribution in [3.63, 3.8) is 0 Å². The maximum atomic E-state index is 8.82. The molecule has 0 saturated heterocycles. The summed E-state index contributed by atoms with van der Waals surface area (Å²) < 4.78 is 5.55. The van der Waals surface area contributed by atoms with Crippen LogP contribution in [0.1, 0.15) is 38.8 Å². The number of hydrogen-bond acceptors (Lipinski definition) is 2. The lowest BCUT2D eigenvalue weighted by Gasteiger charge is -2.22. The first-order chi connectivity index (χ1) is 6.99. The zero-order valence-corrected chi connectivity index (χ0v) is 9.79. The highest BCUT2D eigenvalue weighted by molar-refractivity contribution is 5.45. The highest BCUT2D eigenvalue weighted by atomic mass is 16.5. The first-order valence-electron chi connectivity index (χ1n) is 5.16. The van der Waals surface area contributed by atoms with Gasteiger partial charge in [-0.25, -0.2) is 0 Å². The molecule has 0 radical (unpaired) electrons. The van der Waals surface area contributed by atoms with E-state index in [1.54, 1.807) is 0 Å². The number of nitrogens with zero attached hydrogens (tertiary/aromatic N) is 1. The van der Waals surface area contributed by atoms with E-state index < -0.39 is 0 Å². The van der Waals surface area contributed by atoms with Crippen LogP contribution in [-0.4, -0.2) is 6.61 Å². The standard InChI is InChI=1S/C13H17NO/c1-5-15-12-8-10(9-14)6-7-11(12)13(2,3)4/h6-8H,5H2,1-4H3. The minimum Gasteiger partial charge on any atom is -0.494 e. The SMILES string of the molecule is CCOc1cc(C#N)ccc1C(C)(C)C. The molecule has 1 rings (SSSR count). The average Bonchev–Trinajstić information content (AvgIpc) is 2.16. The Morgan fingerprint density at radius 1 is 1.33 bits per heavy atom. The van der Waals surface area contributed by atoms with E-state index >= 15 is 0 Å². The van der Waals surface area contributed by atoms with Crippen molar-refractivity contribution in [2.24, 2.45) is 0 Å². The number of benzene rings is 1. The maximum absolute atomic E-state index is 8.82. The van der Waals surface area contributed by atoms with Crippen LogP contribution in [0.25, 0.3) is 0 Å². The molecule has 0 aliphatic rings. The fourth-order valence-electron chi connectivity index (χ4n) is 1.49. The minimum absolute atomic E-state index is 0.0402. The lowest BCUT2D eigenvalue weighted by atomic mass is 9.86. The van der Waals surface area contributed by atoms with Crippen molar-refractivity contribution in [1.29, 1.82) is 5.26 Å². The average molecular weight is 203 g/mol. The molecular formula is C13H17NO. The Balaban J connectivity index is 3.22. The van der Waals surface area contributed by atoms with Gasteiger partial charge in [0.15, 0.2) is 0 Å². The Labute approximate surface area is 91.5 Å². The van der Waals surface area contributed by atoms with Gasteiger partial charge in [-0.15, -0.1) is 0 Å². The molecule has 0 aromatic heterocycles. The lowest BCUT2D eigenvalue weighted by molar-refractivity contribution is 0.330. The van der Waals surface area contributed by atoms with Crippen LogP contribution < -0.4 is 4.74 Å². The van der Waals surface area contributed by atoms with Gasteiger partial charge in [0.25, 0.3) is 0 Å². The van der Waals surface area contributed by atoms with Gasteiger partial charge in [0.1, 0.15) is 5.75 Å². The van der Waals surface area contributed by atoms with Crippen molar-refractivity contribution in [1.82, 2.24) is 0 Å². The van der Waals surface area contributed by atoms with Crippen molar-refractivity contribution in [3.05, 3.63) is 29.3 Å². The van der Waals surface area contributed by atoms with Gasteiger partial charge in [0, 0.05) is 0 Å². The fraction of sp³-hybridized carbons (Fsp3) is 0.462. The summed E-state index contributed by atoms with van der Waals surface area (Å²) in [7, 11) is 0. The van der Waals surface area contributed by atoms with Crippen molar-refractivity contribution in [3.8, 4) is 11.8 Å². The Morgan fingerprint density at radius 2 is 2.00 bits per heavy atom. The van der Waals surface area contributed by atoms with Crippen LogP contribution >= 0.6 is 0 Å². The largest absolute Gasteiger partial charge is 0.494 e. The second-order valence-electron chi connectivity index (χ2n) is 4.51. The normalized spacial score (nSPS) is 10.9. The topological polar surface area (TPSA) is 33.0 Å². The summed E-state index contributed by atoms with van der Waals surface area (Å²) in [5.41, 5.74) is 1.83. The number of nitriles is 1. The predicted octanol–water partition coefficient (Wildman–Crippen LogP) is 3.25. The number of hydrogen-bond donors (Lipinski definition) is 0. The third-order valence-corrected chi connectivity index (χ3v) is 2.22.